The third-order valence-electron chi connectivity index (χ3n) is 2.55. The van der Waals surface area contributed by atoms with E-state index in [1.54, 1.807) is 0 Å². The van der Waals surface area contributed by atoms with Crippen LogP contribution in [0.5, 0.6) is 0 Å². The van der Waals surface area contributed by atoms with Crippen LogP contribution in [0.25, 0.3) is 0 Å². The minimum atomic E-state index is 0.633. The number of hydrogen-bond acceptors (Lipinski definition) is 1. The van der Waals surface area contributed by atoms with Gasteiger partial charge < -0.3 is 4.90 Å². The SMILES string of the molecule is CC(C)C.CCCc1ccc(N(CCCl)CCCl)cc1. The standard InChI is InChI=1S/C13H19Cl2N.C4H10/c1-2-3-12-4-6-13(7-5-12)16(10-8-14)11-9-15;1-4(2)3/h4-7H,2-3,8-11H2,1H3;4H,1-3H3. The smallest absolute Gasteiger partial charge is 0.0399 e. The maximum Gasteiger partial charge on any atom is 0.0399 e. The number of benzene rings is 1. The molecule has 1 aromatic carbocycles. The molecule has 0 radical (unpaired) electrons. The molecule has 20 heavy (non-hydrogen) atoms. The number of hydrogen-bond donors (Lipinski definition) is 0. The van der Waals surface area contributed by atoms with Crippen molar-refractivity contribution >= 4 is 28.9 Å². The number of rotatable bonds is 7. The Morgan fingerprint density at radius 3 is 1.75 bits per heavy atom. The van der Waals surface area contributed by atoms with E-state index < -0.39 is 0 Å². The van der Waals surface area contributed by atoms with Gasteiger partial charge in [-0.15, -0.1) is 23.2 Å². The molecule has 0 atom stereocenters. The molecular formula is C17H29Cl2N. The second kappa shape index (κ2) is 12.3. The molecule has 3 heteroatoms. The van der Waals surface area contributed by atoms with Gasteiger partial charge >= 0.3 is 0 Å². The topological polar surface area (TPSA) is 3.24 Å². The Hall–Kier alpha value is -0.400. The summed E-state index contributed by atoms with van der Waals surface area (Å²) in [6.45, 7) is 10.4. The van der Waals surface area contributed by atoms with Crippen LogP contribution in [0.4, 0.5) is 5.69 Å². The molecule has 1 nitrogen and oxygen atoms in total. The van der Waals surface area contributed by atoms with Gasteiger partial charge in [0.1, 0.15) is 0 Å². The van der Waals surface area contributed by atoms with Gasteiger partial charge in [0.25, 0.3) is 0 Å². The molecule has 1 rings (SSSR count). The summed E-state index contributed by atoms with van der Waals surface area (Å²) >= 11 is 11.6. The first-order chi connectivity index (χ1) is 9.54. The van der Waals surface area contributed by atoms with Gasteiger partial charge in [0.05, 0.1) is 0 Å². The fourth-order valence-electron chi connectivity index (χ4n) is 1.74. The quantitative estimate of drug-likeness (QED) is 0.593. The van der Waals surface area contributed by atoms with Crippen LogP contribution in [0.2, 0.25) is 0 Å². The van der Waals surface area contributed by atoms with E-state index in [1.165, 1.54) is 17.7 Å². The zero-order chi connectivity index (χ0) is 15.4. The number of anilines is 1. The van der Waals surface area contributed by atoms with Gasteiger partial charge in [-0.2, -0.15) is 0 Å². The first kappa shape index (κ1) is 19.6. The fraction of sp³-hybridized carbons (Fsp3) is 0.647. The zero-order valence-electron chi connectivity index (χ0n) is 13.3. The molecular weight excluding hydrogens is 289 g/mol. The van der Waals surface area contributed by atoms with Crippen molar-refractivity contribution in [2.45, 2.75) is 40.5 Å². The Morgan fingerprint density at radius 1 is 0.950 bits per heavy atom. The van der Waals surface area contributed by atoms with Gasteiger partial charge in [-0.25, -0.2) is 0 Å². The Morgan fingerprint density at radius 2 is 1.40 bits per heavy atom. The van der Waals surface area contributed by atoms with Gasteiger partial charge in [-0.05, 0) is 30.0 Å². The molecule has 0 saturated carbocycles. The Balaban J connectivity index is 0.000000796. The summed E-state index contributed by atoms with van der Waals surface area (Å²) < 4.78 is 0. The molecule has 0 aliphatic heterocycles. The summed E-state index contributed by atoms with van der Waals surface area (Å²) in [6.07, 6.45) is 2.33. The van der Waals surface area contributed by atoms with Crippen molar-refractivity contribution in [1.29, 1.82) is 0 Å². The van der Waals surface area contributed by atoms with Crippen molar-refractivity contribution in [2.75, 3.05) is 29.7 Å². The van der Waals surface area contributed by atoms with Crippen molar-refractivity contribution in [2.24, 2.45) is 5.92 Å². The van der Waals surface area contributed by atoms with E-state index in [9.17, 15) is 0 Å². The second-order valence-electron chi connectivity index (χ2n) is 5.51. The van der Waals surface area contributed by atoms with Crippen molar-refractivity contribution in [3.05, 3.63) is 29.8 Å². The third kappa shape index (κ3) is 9.50. The van der Waals surface area contributed by atoms with Gasteiger partial charge in [0, 0.05) is 30.5 Å². The van der Waals surface area contributed by atoms with Crippen LogP contribution in [0.1, 0.15) is 39.7 Å². The molecule has 0 aromatic heterocycles. The van der Waals surface area contributed by atoms with E-state index in [4.69, 9.17) is 23.2 Å². The molecule has 0 heterocycles. The predicted molar refractivity (Wildman–Crippen MR) is 94.6 cm³/mol. The summed E-state index contributed by atoms with van der Waals surface area (Å²) in [6, 6.07) is 8.69. The summed E-state index contributed by atoms with van der Waals surface area (Å²) in [5, 5.41) is 0. The first-order valence-corrected chi connectivity index (χ1v) is 8.57. The molecule has 0 spiro atoms. The lowest BCUT2D eigenvalue weighted by Gasteiger charge is -2.23. The molecule has 0 bridgehead atoms. The van der Waals surface area contributed by atoms with Crippen molar-refractivity contribution in [3.8, 4) is 0 Å². The normalized spacial score (nSPS) is 10.2. The molecule has 0 unspecified atom stereocenters. The molecule has 0 N–H and O–H groups in total. The van der Waals surface area contributed by atoms with Gasteiger partial charge in [0.15, 0.2) is 0 Å². The summed E-state index contributed by atoms with van der Waals surface area (Å²) in [7, 11) is 0. The Labute approximate surface area is 135 Å². The predicted octanol–water partition coefficient (Wildman–Crippen LogP) is 5.59. The molecule has 0 aliphatic rings. The van der Waals surface area contributed by atoms with E-state index in [1.807, 2.05) is 0 Å². The summed E-state index contributed by atoms with van der Waals surface area (Å²) in [5.41, 5.74) is 2.60. The van der Waals surface area contributed by atoms with Crippen LogP contribution >= 0.6 is 23.2 Å². The fourth-order valence-corrected chi connectivity index (χ4v) is 2.14. The minimum Gasteiger partial charge on any atom is -0.369 e. The average Bonchev–Trinajstić information content (AvgIpc) is 2.39. The molecule has 0 fully saturated rings. The monoisotopic (exact) mass is 317 g/mol. The zero-order valence-corrected chi connectivity index (χ0v) is 14.8. The number of halogens is 2. The lowest BCUT2D eigenvalue weighted by molar-refractivity contribution is 0.737. The summed E-state index contributed by atoms with van der Waals surface area (Å²) in [5.74, 6) is 2.10. The van der Waals surface area contributed by atoms with Gasteiger partial charge in [-0.1, -0.05) is 46.2 Å². The van der Waals surface area contributed by atoms with Crippen LogP contribution < -0.4 is 4.90 Å². The molecule has 0 saturated heterocycles. The number of aryl methyl sites for hydroxylation is 1. The van der Waals surface area contributed by atoms with E-state index in [-0.39, 0.29) is 0 Å². The molecule has 0 amide bonds. The van der Waals surface area contributed by atoms with Crippen LogP contribution in [0.3, 0.4) is 0 Å². The van der Waals surface area contributed by atoms with Gasteiger partial charge in [0.2, 0.25) is 0 Å². The van der Waals surface area contributed by atoms with Crippen LogP contribution in [-0.2, 0) is 6.42 Å². The van der Waals surface area contributed by atoms with E-state index >= 15 is 0 Å². The Bertz CT molecular complexity index is 314. The van der Waals surface area contributed by atoms with Crippen LogP contribution in [-0.4, -0.2) is 24.8 Å². The lowest BCUT2D eigenvalue weighted by Crippen LogP contribution is -2.27. The molecule has 116 valence electrons. The largest absolute Gasteiger partial charge is 0.369 e. The molecule has 1 aromatic rings. The number of nitrogens with zero attached hydrogens (tertiary/aromatic N) is 1. The van der Waals surface area contributed by atoms with E-state index in [0.29, 0.717) is 11.8 Å². The maximum atomic E-state index is 5.78. The van der Waals surface area contributed by atoms with Gasteiger partial charge in [-0.3, -0.25) is 0 Å². The van der Waals surface area contributed by atoms with Crippen molar-refractivity contribution < 1.29 is 0 Å². The highest BCUT2D eigenvalue weighted by atomic mass is 35.5. The molecule has 0 aliphatic carbocycles. The average molecular weight is 318 g/mol. The summed E-state index contributed by atoms with van der Waals surface area (Å²) in [4.78, 5) is 2.22. The van der Waals surface area contributed by atoms with Crippen LogP contribution in [0.15, 0.2) is 24.3 Å². The maximum absolute atomic E-state index is 5.78. The van der Waals surface area contributed by atoms with E-state index in [2.05, 4.69) is 56.9 Å². The highest BCUT2D eigenvalue weighted by Crippen LogP contribution is 2.16. The third-order valence-corrected chi connectivity index (χ3v) is 2.89. The highest BCUT2D eigenvalue weighted by Gasteiger charge is 2.04. The first-order valence-electron chi connectivity index (χ1n) is 7.50. The van der Waals surface area contributed by atoms with Crippen molar-refractivity contribution in [1.82, 2.24) is 0 Å². The highest BCUT2D eigenvalue weighted by molar-refractivity contribution is 6.18. The lowest BCUT2D eigenvalue weighted by atomic mass is 10.1. The minimum absolute atomic E-state index is 0.633. The van der Waals surface area contributed by atoms with Crippen LogP contribution in [0, 0.1) is 5.92 Å². The second-order valence-corrected chi connectivity index (χ2v) is 6.27. The Kier molecular flexibility index (Phi) is 12.1. The van der Waals surface area contributed by atoms with E-state index in [0.717, 1.165) is 25.4 Å². The number of alkyl halides is 2. The van der Waals surface area contributed by atoms with Crippen molar-refractivity contribution in [3.63, 3.8) is 0 Å².